The van der Waals surface area contributed by atoms with E-state index in [-0.39, 0.29) is 11.9 Å². The molecular formula is C16H25NO2. The molecule has 3 nitrogen and oxygen atoms in total. The summed E-state index contributed by atoms with van der Waals surface area (Å²) >= 11 is 0. The van der Waals surface area contributed by atoms with Crippen molar-refractivity contribution < 1.29 is 9.53 Å². The molecule has 0 amide bonds. The maximum atomic E-state index is 11.8. The van der Waals surface area contributed by atoms with Gasteiger partial charge in [-0.15, -0.1) is 0 Å². The summed E-state index contributed by atoms with van der Waals surface area (Å²) in [6.45, 7) is 9.09. The quantitative estimate of drug-likeness (QED) is 0.633. The maximum absolute atomic E-state index is 11.8. The first kappa shape index (κ1) is 15.7. The van der Waals surface area contributed by atoms with Crippen LogP contribution < -0.4 is 5.32 Å². The first-order chi connectivity index (χ1) is 8.88. The molecule has 0 saturated carbocycles. The zero-order valence-corrected chi connectivity index (χ0v) is 12.4. The van der Waals surface area contributed by atoms with Crippen molar-refractivity contribution in [2.24, 2.45) is 5.92 Å². The lowest BCUT2D eigenvalue weighted by Gasteiger charge is -2.22. The van der Waals surface area contributed by atoms with Crippen molar-refractivity contribution in [1.82, 2.24) is 5.32 Å². The highest BCUT2D eigenvalue weighted by molar-refractivity contribution is 5.72. The third-order valence-corrected chi connectivity index (χ3v) is 2.69. The van der Waals surface area contributed by atoms with Gasteiger partial charge in [-0.05, 0) is 39.3 Å². The average molecular weight is 263 g/mol. The molecule has 1 N–H and O–H groups in total. The first-order valence-electron chi connectivity index (χ1n) is 6.86. The third-order valence-electron chi connectivity index (χ3n) is 2.69. The molecule has 0 bridgehead atoms. The van der Waals surface area contributed by atoms with Crippen LogP contribution in [0.4, 0.5) is 0 Å². The van der Waals surface area contributed by atoms with Gasteiger partial charge in [-0.25, -0.2) is 0 Å². The number of nitrogens with one attached hydrogen (secondary N) is 1. The molecule has 0 spiro atoms. The minimum absolute atomic E-state index is 0.116. The van der Waals surface area contributed by atoms with Gasteiger partial charge in [0.25, 0.3) is 0 Å². The second-order valence-corrected chi connectivity index (χ2v) is 5.87. The molecule has 0 aliphatic rings. The average Bonchev–Trinajstić information content (AvgIpc) is 2.33. The van der Waals surface area contributed by atoms with E-state index in [1.165, 1.54) is 5.56 Å². The molecule has 0 unspecified atom stereocenters. The van der Waals surface area contributed by atoms with Gasteiger partial charge in [0, 0.05) is 6.54 Å². The van der Waals surface area contributed by atoms with Gasteiger partial charge < -0.3 is 10.1 Å². The Bertz CT molecular complexity index is 381. The molecule has 0 aromatic heterocycles. The van der Waals surface area contributed by atoms with Crippen molar-refractivity contribution in [2.75, 3.05) is 13.1 Å². The van der Waals surface area contributed by atoms with E-state index < -0.39 is 5.60 Å². The summed E-state index contributed by atoms with van der Waals surface area (Å²) in [5, 5.41) is 3.30. The Hall–Kier alpha value is -1.35. The molecule has 0 fully saturated rings. The zero-order chi connectivity index (χ0) is 14.3. The minimum Gasteiger partial charge on any atom is -0.460 e. The van der Waals surface area contributed by atoms with Gasteiger partial charge >= 0.3 is 5.97 Å². The van der Waals surface area contributed by atoms with Gasteiger partial charge in [0.1, 0.15) is 5.60 Å². The largest absolute Gasteiger partial charge is 0.460 e. The van der Waals surface area contributed by atoms with Gasteiger partial charge in [-0.1, -0.05) is 37.3 Å². The van der Waals surface area contributed by atoms with Crippen LogP contribution in [0.1, 0.15) is 33.3 Å². The van der Waals surface area contributed by atoms with Gasteiger partial charge in [0.2, 0.25) is 0 Å². The molecule has 1 rings (SSSR count). The number of hydrogen-bond donors (Lipinski definition) is 1. The molecular weight excluding hydrogens is 238 g/mol. The molecule has 0 saturated heterocycles. The lowest BCUT2D eigenvalue weighted by Crippen LogP contribution is -2.33. The summed E-state index contributed by atoms with van der Waals surface area (Å²) in [6.07, 6.45) is 0.974. The Kier molecular flexibility index (Phi) is 6.03. The molecule has 19 heavy (non-hydrogen) atoms. The number of benzene rings is 1. The highest BCUT2D eigenvalue weighted by Crippen LogP contribution is 2.10. The van der Waals surface area contributed by atoms with Gasteiger partial charge in [0.15, 0.2) is 0 Å². The Morgan fingerprint density at radius 2 is 1.89 bits per heavy atom. The van der Waals surface area contributed by atoms with E-state index in [9.17, 15) is 4.79 Å². The van der Waals surface area contributed by atoms with Crippen LogP contribution in [-0.4, -0.2) is 24.7 Å². The minimum atomic E-state index is -0.407. The summed E-state index contributed by atoms with van der Waals surface area (Å²) in [5.74, 6) is -0.255. The molecule has 0 radical (unpaired) electrons. The van der Waals surface area contributed by atoms with Crippen molar-refractivity contribution >= 4 is 5.97 Å². The van der Waals surface area contributed by atoms with Crippen molar-refractivity contribution in [2.45, 2.75) is 39.7 Å². The summed E-state index contributed by atoms with van der Waals surface area (Å²) in [7, 11) is 0. The summed E-state index contributed by atoms with van der Waals surface area (Å²) in [5.41, 5.74) is 0.898. The van der Waals surface area contributed by atoms with Crippen molar-refractivity contribution in [3.05, 3.63) is 35.9 Å². The normalized spacial score (nSPS) is 13.1. The second kappa shape index (κ2) is 7.29. The highest BCUT2D eigenvalue weighted by Gasteiger charge is 2.21. The molecule has 0 aliphatic carbocycles. The number of rotatable bonds is 6. The van der Waals surface area contributed by atoms with Gasteiger partial charge in [0.05, 0.1) is 5.92 Å². The predicted molar refractivity (Wildman–Crippen MR) is 78.0 cm³/mol. The van der Waals surface area contributed by atoms with Gasteiger partial charge in [-0.2, -0.15) is 0 Å². The Balaban J connectivity index is 2.20. The number of esters is 1. The van der Waals surface area contributed by atoms with Crippen LogP contribution in [0.2, 0.25) is 0 Å². The molecule has 0 heterocycles. The Morgan fingerprint density at radius 3 is 2.47 bits per heavy atom. The molecule has 1 atom stereocenters. The summed E-state index contributed by atoms with van der Waals surface area (Å²) in [6, 6.07) is 10.3. The van der Waals surface area contributed by atoms with Crippen LogP contribution in [0, 0.1) is 5.92 Å². The molecule has 3 heteroatoms. The van der Waals surface area contributed by atoms with E-state index >= 15 is 0 Å². The van der Waals surface area contributed by atoms with E-state index in [0.717, 1.165) is 13.0 Å². The lowest BCUT2D eigenvalue weighted by molar-refractivity contribution is -0.159. The fourth-order valence-electron chi connectivity index (χ4n) is 1.68. The van der Waals surface area contributed by atoms with Crippen LogP contribution >= 0.6 is 0 Å². The monoisotopic (exact) mass is 263 g/mol. The fourth-order valence-corrected chi connectivity index (χ4v) is 1.68. The summed E-state index contributed by atoms with van der Waals surface area (Å²) in [4.78, 5) is 11.8. The standard InChI is InChI=1S/C16H25NO2/c1-13(15(18)19-16(2,3)4)12-17-11-10-14-8-6-5-7-9-14/h5-9,13,17H,10-12H2,1-4H3/t13-/m1/s1. The van der Waals surface area contributed by atoms with Crippen LogP contribution in [-0.2, 0) is 16.0 Å². The Labute approximate surface area is 116 Å². The maximum Gasteiger partial charge on any atom is 0.310 e. The molecule has 1 aromatic rings. The van der Waals surface area contributed by atoms with Crippen LogP contribution in [0.5, 0.6) is 0 Å². The molecule has 106 valence electrons. The first-order valence-corrected chi connectivity index (χ1v) is 6.86. The van der Waals surface area contributed by atoms with E-state index in [1.807, 2.05) is 45.9 Å². The lowest BCUT2D eigenvalue weighted by atomic mass is 10.1. The predicted octanol–water partition coefficient (Wildman–Crippen LogP) is 2.80. The molecule has 0 aliphatic heterocycles. The van der Waals surface area contributed by atoms with Crippen molar-refractivity contribution in [1.29, 1.82) is 0 Å². The van der Waals surface area contributed by atoms with E-state index in [1.54, 1.807) is 0 Å². The third kappa shape index (κ3) is 6.97. The highest BCUT2D eigenvalue weighted by atomic mass is 16.6. The van der Waals surface area contributed by atoms with Crippen molar-refractivity contribution in [3.63, 3.8) is 0 Å². The number of ether oxygens (including phenoxy) is 1. The van der Waals surface area contributed by atoms with E-state index in [2.05, 4.69) is 17.4 Å². The van der Waals surface area contributed by atoms with Gasteiger partial charge in [-0.3, -0.25) is 4.79 Å². The number of carbonyl (C=O) groups excluding carboxylic acids is 1. The van der Waals surface area contributed by atoms with Crippen molar-refractivity contribution in [3.8, 4) is 0 Å². The Morgan fingerprint density at radius 1 is 1.26 bits per heavy atom. The van der Waals surface area contributed by atoms with E-state index in [4.69, 9.17) is 4.74 Å². The smallest absolute Gasteiger partial charge is 0.310 e. The van der Waals surface area contributed by atoms with E-state index in [0.29, 0.717) is 6.54 Å². The SMILES string of the molecule is C[C@H](CNCCc1ccccc1)C(=O)OC(C)(C)C. The van der Waals surface area contributed by atoms with Crippen LogP contribution in [0.15, 0.2) is 30.3 Å². The second-order valence-electron chi connectivity index (χ2n) is 5.87. The van der Waals surface area contributed by atoms with Crippen LogP contribution in [0.3, 0.4) is 0 Å². The zero-order valence-electron chi connectivity index (χ0n) is 12.4. The summed E-state index contributed by atoms with van der Waals surface area (Å²) < 4.78 is 5.34. The number of carbonyl (C=O) groups is 1. The topological polar surface area (TPSA) is 38.3 Å². The van der Waals surface area contributed by atoms with Crippen LogP contribution in [0.25, 0.3) is 0 Å². The molecule has 1 aromatic carbocycles. The fraction of sp³-hybridized carbons (Fsp3) is 0.562. The number of hydrogen-bond acceptors (Lipinski definition) is 3.